The first kappa shape index (κ1) is 11.3. The van der Waals surface area contributed by atoms with Crippen molar-refractivity contribution in [3.05, 3.63) is 30.0 Å². The van der Waals surface area contributed by atoms with Crippen LogP contribution in [0, 0.1) is 0 Å². The summed E-state index contributed by atoms with van der Waals surface area (Å²) in [6, 6.07) is 6.82. The summed E-state index contributed by atoms with van der Waals surface area (Å²) in [5, 5.41) is 1.09. The number of benzene rings is 1. The average Bonchev–Trinajstić information content (AvgIpc) is 2.36. The lowest BCUT2D eigenvalue weighted by atomic mass is 9.97. The molecule has 2 N–H and O–H groups in total. The number of nitrogens with zero attached hydrogens (tertiary/aromatic N) is 2. The number of aryl methyl sites for hydroxylation is 1. The van der Waals surface area contributed by atoms with Crippen LogP contribution in [0.2, 0.25) is 0 Å². The molecule has 3 heteroatoms. The van der Waals surface area contributed by atoms with E-state index in [9.17, 15) is 0 Å². The summed E-state index contributed by atoms with van der Waals surface area (Å²) in [6.45, 7) is 5.62. The Morgan fingerprint density at radius 3 is 2.94 bits per heavy atom. The van der Waals surface area contributed by atoms with Gasteiger partial charge in [0, 0.05) is 35.5 Å². The van der Waals surface area contributed by atoms with Crippen molar-refractivity contribution in [2.24, 2.45) is 0 Å². The maximum Gasteiger partial charge on any atom is 0.0743 e. The van der Waals surface area contributed by atoms with Crippen molar-refractivity contribution in [3.63, 3.8) is 0 Å². The van der Waals surface area contributed by atoms with Gasteiger partial charge < -0.3 is 10.6 Å². The number of nitrogen functional groups attached to an aromatic ring is 1. The lowest BCUT2D eigenvalue weighted by Gasteiger charge is -2.35. The van der Waals surface area contributed by atoms with Crippen LogP contribution in [0.25, 0.3) is 10.9 Å². The summed E-state index contributed by atoms with van der Waals surface area (Å²) in [5.41, 5.74) is 10.6. The molecule has 18 heavy (non-hydrogen) atoms. The Morgan fingerprint density at radius 1 is 1.33 bits per heavy atom. The molecule has 3 nitrogen and oxygen atoms in total. The molecule has 0 spiro atoms. The van der Waals surface area contributed by atoms with E-state index < -0.39 is 0 Å². The van der Waals surface area contributed by atoms with Crippen LogP contribution < -0.4 is 10.6 Å². The van der Waals surface area contributed by atoms with E-state index in [4.69, 9.17) is 5.73 Å². The zero-order valence-electron chi connectivity index (χ0n) is 11.0. The van der Waals surface area contributed by atoms with Gasteiger partial charge in [-0.15, -0.1) is 0 Å². The summed E-state index contributed by atoms with van der Waals surface area (Å²) in [5.74, 6) is 0. The molecule has 0 unspecified atom stereocenters. The van der Waals surface area contributed by atoms with Crippen molar-refractivity contribution in [2.75, 3.05) is 17.2 Å². The summed E-state index contributed by atoms with van der Waals surface area (Å²) in [4.78, 5) is 6.90. The second-order valence-corrected chi connectivity index (χ2v) is 5.29. The van der Waals surface area contributed by atoms with E-state index in [1.807, 2.05) is 6.07 Å². The van der Waals surface area contributed by atoms with Gasteiger partial charge in [-0.25, -0.2) is 0 Å². The molecule has 0 amide bonds. The zero-order chi connectivity index (χ0) is 12.7. The summed E-state index contributed by atoms with van der Waals surface area (Å²) in [7, 11) is 0. The maximum atomic E-state index is 6.03. The lowest BCUT2D eigenvalue weighted by molar-refractivity contribution is 0.626. The van der Waals surface area contributed by atoms with Crippen molar-refractivity contribution in [1.29, 1.82) is 0 Å². The van der Waals surface area contributed by atoms with Crippen molar-refractivity contribution >= 4 is 22.3 Å². The van der Waals surface area contributed by atoms with Crippen LogP contribution >= 0.6 is 0 Å². The molecule has 1 aliphatic rings. The van der Waals surface area contributed by atoms with Crippen molar-refractivity contribution in [3.8, 4) is 0 Å². The highest BCUT2D eigenvalue weighted by molar-refractivity contribution is 5.93. The molecule has 94 valence electrons. The number of rotatable bonds is 1. The van der Waals surface area contributed by atoms with Crippen molar-refractivity contribution < 1.29 is 0 Å². The van der Waals surface area contributed by atoms with Crippen molar-refractivity contribution in [1.82, 2.24) is 4.98 Å². The number of fused-ring (bicyclic) bond motifs is 2. The van der Waals surface area contributed by atoms with Crippen LogP contribution in [0.15, 0.2) is 24.4 Å². The van der Waals surface area contributed by atoms with E-state index in [2.05, 4.69) is 35.9 Å². The molecule has 3 rings (SSSR count). The molecule has 2 aromatic rings. The third-order valence-corrected chi connectivity index (χ3v) is 3.75. The van der Waals surface area contributed by atoms with E-state index in [0.717, 1.165) is 29.6 Å². The van der Waals surface area contributed by atoms with E-state index >= 15 is 0 Å². The standard InChI is InChI=1S/C15H19N3/c1-10(2)18-7-3-4-11-8-12-13(16)5-6-17-14(12)9-15(11)18/h5-6,8-10H,3-4,7H2,1-2H3,(H2,16,17). The molecule has 1 aromatic carbocycles. The van der Waals surface area contributed by atoms with Gasteiger partial charge in [0.15, 0.2) is 0 Å². The van der Waals surface area contributed by atoms with Gasteiger partial charge in [-0.3, -0.25) is 4.98 Å². The second kappa shape index (κ2) is 4.16. The minimum Gasteiger partial charge on any atom is -0.398 e. The second-order valence-electron chi connectivity index (χ2n) is 5.29. The Labute approximate surface area is 108 Å². The van der Waals surface area contributed by atoms with Gasteiger partial charge in [-0.05, 0) is 50.5 Å². The minimum atomic E-state index is 0.530. The molecule has 0 saturated heterocycles. The third-order valence-electron chi connectivity index (χ3n) is 3.75. The molecular weight excluding hydrogens is 222 g/mol. The molecule has 0 bridgehead atoms. The Bertz CT molecular complexity index is 590. The van der Waals surface area contributed by atoms with Gasteiger partial charge in [-0.1, -0.05) is 0 Å². The quantitative estimate of drug-likeness (QED) is 0.834. The summed E-state index contributed by atoms with van der Waals surface area (Å²) < 4.78 is 0. The molecule has 2 heterocycles. The number of nitrogens with two attached hydrogens (primary N) is 1. The van der Waals surface area contributed by atoms with E-state index in [-0.39, 0.29) is 0 Å². The van der Waals surface area contributed by atoms with Gasteiger partial charge in [0.1, 0.15) is 0 Å². The predicted molar refractivity (Wildman–Crippen MR) is 77.0 cm³/mol. The molecule has 1 aromatic heterocycles. The first-order valence-electron chi connectivity index (χ1n) is 6.60. The molecule has 0 fully saturated rings. The third kappa shape index (κ3) is 1.70. The highest BCUT2D eigenvalue weighted by Crippen LogP contribution is 2.33. The Morgan fingerprint density at radius 2 is 2.17 bits per heavy atom. The van der Waals surface area contributed by atoms with Crippen LogP contribution in [0.4, 0.5) is 11.4 Å². The monoisotopic (exact) mass is 241 g/mol. The smallest absolute Gasteiger partial charge is 0.0743 e. The highest BCUT2D eigenvalue weighted by atomic mass is 15.2. The SMILES string of the molecule is CC(C)N1CCCc2cc3c(N)ccnc3cc21. The molecular formula is C15H19N3. The van der Waals surface area contributed by atoms with Crippen LogP contribution in [0.3, 0.4) is 0 Å². The topological polar surface area (TPSA) is 42.1 Å². The van der Waals surface area contributed by atoms with Crippen LogP contribution in [-0.2, 0) is 6.42 Å². The number of pyridine rings is 1. The van der Waals surface area contributed by atoms with Gasteiger partial charge >= 0.3 is 0 Å². The van der Waals surface area contributed by atoms with E-state index in [1.165, 1.54) is 17.7 Å². The fourth-order valence-corrected chi connectivity index (χ4v) is 2.81. The van der Waals surface area contributed by atoms with Crippen molar-refractivity contribution in [2.45, 2.75) is 32.7 Å². The Kier molecular flexibility index (Phi) is 2.62. The average molecular weight is 241 g/mol. The van der Waals surface area contributed by atoms with Gasteiger partial charge in [0.25, 0.3) is 0 Å². The Hall–Kier alpha value is -1.77. The maximum absolute atomic E-state index is 6.03. The van der Waals surface area contributed by atoms with E-state index in [0.29, 0.717) is 6.04 Å². The zero-order valence-corrected chi connectivity index (χ0v) is 11.0. The predicted octanol–water partition coefficient (Wildman–Crippen LogP) is 2.98. The largest absolute Gasteiger partial charge is 0.398 e. The van der Waals surface area contributed by atoms with Crippen LogP contribution in [-0.4, -0.2) is 17.6 Å². The van der Waals surface area contributed by atoms with Crippen LogP contribution in [0.5, 0.6) is 0 Å². The number of hydrogen-bond donors (Lipinski definition) is 1. The highest BCUT2D eigenvalue weighted by Gasteiger charge is 2.20. The summed E-state index contributed by atoms with van der Waals surface area (Å²) >= 11 is 0. The van der Waals surface area contributed by atoms with Gasteiger partial charge in [-0.2, -0.15) is 0 Å². The molecule has 0 radical (unpaired) electrons. The first-order valence-corrected chi connectivity index (χ1v) is 6.60. The van der Waals surface area contributed by atoms with E-state index in [1.54, 1.807) is 6.20 Å². The first-order chi connectivity index (χ1) is 8.66. The number of anilines is 2. The minimum absolute atomic E-state index is 0.530. The van der Waals surface area contributed by atoms with Crippen LogP contribution in [0.1, 0.15) is 25.8 Å². The fraction of sp³-hybridized carbons (Fsp3) is 0.400. The normalized spacial score (nSPS) is 15.2. The van der Waals surface area contributed by atoms with Gasteiger partial charge in [0.2, 0.25) is 0 Å². The molecule has 0 saturated carbocycles. The molecule has 1 aliphatic heterocycles. The fourth-order valence-electron chi connectivity index (χ4n) is 2.81. The van der Waals surface area contributed by atoms with Gasteiger partial charge in [0.05, 0.1) is 5.52 Å². The number of aromatic nitrogens is 1. The number of hydrogen-bond acceptors (Lipinski definition) is 3. The Balaban J connectivity index is 2.22. The lowest BCUT2D eigenvalue weighted by Crippen LogP contribution is -2.35. The summed E-state index contributed by atoms with van der Waals surface area (Å²) in [6.07, 6.45) is 4.15. The molecule has 0 aliphatic carbocycles. The molecule has 0 atom stereocenters.